The van der Waals surface area contributed by atoms with Crippen molar-refractivity contribution in [2.24, 2.45) is 0 Å². The molecular weight excluding hydrogens is 841 g/mol. The number of allylic oxidation sites excluding steroid dienone is 10. The largest absolute Gasteiger partial charge is 0.462 e. The first-order valence-electron chi connectivity index (χ1n) is 29.3. The molecule has 394 valence electrons. The molecule has 6 nitrogen and oxygen atoms in total. The fraction of sp³-hybridized carbons (Fsp3) is 0.790. The van der Waals surface area contributed by atoms with Crippen molar-refractivity contribution in [3.05, 3.63) is 60.8 Å². The molecule has 1 unspecified atom stereocenters. The minimum atomic E-state index is -0.777. The molecule has 0 fully saturated rings. The second-order valence-corrected chi connectivity index (χ2v) is 19.6. The predicted molar refractivity (Wildman–Crippen MR) is 293 cm³/mol. The van der Waals surface area contributed by atoms with E-state index in [1.54, 1.807) is 0 Å². The maximum absolute atomic E-state index is 12.8. The number of hydrogen-bond donors (Lipinski definition) is 0. The quantitative estimate of drug-likeness (QED) is 0.0262. The molecule has 0 rings (SSSR count). The number of carbonyl (C=O) groups is 3. The zero-order valence-electron chi connectivity index (χ0n) is 45.1. The van der Waals surface area contributed by atoms with Gasteiger partial charge >= 0.3 is 17.9 Å². The van der Waals surface area contributed by atoms with Gasteiger partial charge in [-0.25, -0.2) is 0 Å². The van der Waals surface area contributed by atoms with Crippen LogP contribution in [0, 0.1) is 0 Å². The standard InChI is InChI=1S/C62H110O6/c1-4-7-10-13-16-19-21-23-24-25-26-27-28-29-30-31-32-33-34-35-36-37-38-40-41-43-46-49-52-55-61(64)67-58-59(57-66-60(63)54-51-48-45-18-15-12-9-6-3)68-62(65)56-53-50-47-44-42-39-22-20-17-14-11-8-5-2/h11,14,20-23,25-26,28-29,59H,4-10,12-13,15-19,24,27,30-58H2,1-3H3/b14-11-,22-20-,23-21-,26-25-,29-28-. The highest BCUT2D eigenvalue weighted by molar-refractivity contribution is 5.71. The lowest BCUT2D eigenvalue weighted by molar-refractivity contribution is -0.167. The summed E-state index contributed by atoms with van der Waals surface area (Å²) in [7, 11) is 0. The highest BCUT2D eigenvalue weighted by Gasteiger charge is 2.19. The van der Waals surface area contributed by atoms with Crippen LogP contribution in [-0.4, -0.2) is 37.2 Å². The van der Waals surface area contributed by atoms with Gasteiger partial charge in [0.25, 0.3) is 0 Å². The van der Waals surface area contributed by atoms with E-state index in [4.69, 9.17) is 14.2 Å². The maximum Gasteiger partial charge on any atom is 0.306 e. The summed E-state index contributed by atoms with van der Waals surface area (Å²) in [6, 6.07) is 0. The van der Waals surface area contributed by atoms with E-state index in [2.05, 4.69) is 81.5 Å². The molecule has 0 saturated carbocycles. The molecular formula is C62H110O6. The van der Waals surface area contributed by atoms with E-state index >= 15 is 0 Å². The molecule has 0 aliphatic heterocycles. The van der Waals surface area contributed by atoms with Gasteiger partial charge in [-0.15, -0.1) is 0 Å². The Bertz CT molecular complexity index is 1230. The molecule has 0 bridgehead atoms. The average Bonchev–Trinajstić information content (AvgIpc) is 3.34. The monoisotopic (exact) mass is 951 g/mol. The van der Waals surface area contributed by atoms with Crippen LogP contribution in [-0.2, 0) is 28.6 Å². The van der Waals surface area contributed by atoms with Crippen molar-refractivity contribution in [3.63, 3.8) is 0 Å². The third-order valence-electron chi connectivity index (χ3n) is 12.7. The van der Waals surface area contributed by atoms with Gasteiger partial charge in [-0.3, -0.25) is 14.4 Å². The summed E-state index contributed by atoms with van der Waals surface area (Å²) in [5, 5.41) is 0. The molecule has 0 aromatic heterocycles. The fourth-order valence-electron chi connectivity index (χ4n) is 8.31. The first-order valence-corrected chi connectivity index (χ1v) is 29.3. The number of unbranched alkanes of at least 4 members (excludes halogenated alkanes) is 32. The molecule has 0 aliphatic rings. The molecule has 0 aromatic carbocycles. The van der Waals surface area contributed by atoms with Gasteiger partial charge in [-0.1, -0.05) is 255 Å². The van der Waals surface area contributed by atoms with Gasteiger partial charge in [0.15, 0.2) is 6.10 Å². The smallest absolute Gasteiger partial charge is 0.306 e. The third-order valence-corrected chi connectivity index (χ3v) is 12.7. The Hall–Kier alpha value is -2.89. The summed E-state index contributed by atoms with van der Waals surface area (Å²) < 4.78 is 16.8. The van der Waals surface area contributed by atoms with Crippen LogP contribution in [0.15, 0.2) is 60.8 Å². The number of esters is 3. The van der Waals surface area contributed by atoms with Crippen molar-refractivity contribution in [1.29, 1.82) is 0 Å². The summed E-state index contributed by atoms with van der Waals surface area (Å²) in [5.41, 5.74) is 0. The minimum Gasteiger partial charge on any atom is -0.462 e. The summed E-state index contributed by atoms with van der Waals surface area (Å²) in [6.07, 6.45) is 71.0. The molecule has 0 N–H and O–H groups in total. The van der Waals surface area contributed by atoms with Gasteiger partial charge < -0.3 is 14.2 Å². The second-order valence-electron chi connectivity index (χ2n) is 19.6. The zero-order valence-corrected chi connectivity index (χ0v) is 45.1. The molecule has 0 radical (unpaired) electrons. The minimum absolute atomic E-state index is 0.0778. The molecule has 0 heterocycles. The lowest BCUT2D eigenvalue weighted by atomic mass is 10.0. The second kappa shape index (κ2) is 56.7. The van der Waals surface area contributed by atoms with E-state index < -0.39 is 6.10 Å². The van der Waals surface area contributed by atoms with E-state index in [1.165, 1.54) is 154 Å². The average molecular weight is 952 g/mol. The van der Waals surface area contributed by atoms with Crippen molar-refractivity contribution in [2.45, 2.75) is 303 Å². The van der Waals surface area contributed by atoms with Gasteiger partial charge in [0.1, 0.15) is 13.2 Å². The first kappa shape index (κ1) is 65.1. The van der Waals surface area contributed by atoms with Crippen LogP contribution in [0.5, 0.6) is 0 Å². The summed E-state index contributed by atoms with van der Waals surface area (Å²) in [5.74, 6) is -0.889. The Labute approximate surface area is 421 Å². The molecule has 0 saturated heterocycles. The summed E-state index contributed by atoms with van der Waals surface area (Å²) in [6.45, 7) is 6.54. The number of hydrogen-bond acceptors (Lipinski definition) is 6. The number of carbonyl (C=O) groups excluding carboxylic acids is 3. The third kappa shape index (κ3) is 54.1. The summed E-state index contributed by atoms with van der Waals surface area (Å²) >= 11 is 0. The number of ether oxygens (including phenoxy) is 3. The summed E-state index contributed by atoms with van der Waals surface area (Å²) in [4.78, 5) is 37.9. The Kier molecular flexibility index (Phi) is 54.3. The molecule has 68 heavy (non-hydrogen) atoms. The lowest BCUT2D eigenvalue weighted by Gasteiger charge is -2.18. The topological polar surface area (TPSA) is 78.9 Å². The van der Waals surface area contributed by atoms with Gasteiger partial charge in [0.05, 0.1) is 0 Å². The van der Waals surface area contributed by atoms with Crippen LogP contribution < -0.4 is 0 Å². The highest BCUT2D eigenvalue weighted by atomic mass is 16.6. The van der Waals surface area contributed by atoms with Crippen molar-refractivity contribution in [2.75, 3.05) is 13.2 Å². The first-order chi connectivity index (χ1) is 33.5. The number of rotatable bonds is 53. The van der Waals surface area contributed by atoms with E-state index in [9.17, 15) is 14.4 Å². The van der Waals surface area contributed by atoms with E-state index in [0.29, 0.717) is 19.3 Å². The zero-order chi connectivity index (χ0) is 49.3. The lowest BCUT2D eigenvalue weighted by Crippen LogP contribution is -2.30. The van der Waals surface area contributed by atoms with E-state index in [-0.39, 0.29) is 31.1 Å². The molecule has 1 atom stereocenters. The van der Waals surface area contributed by atoms with E-state index in [0.717, 1.165) is 103 Å². The van der Waals surface area contributed by atoms with Gasteiger partial charge in [-0.05, 0) is 83.5 Å². The van der Waals surface area contributed by atoms with Crippen molar-refractivity contribution >= 4 is 17.9 Å². The fourth-order valence-corrected chi connectivity index (χ4v) is 8.31. The van der Waals surface area contributed by atoms with Gasteiger partial charge in [-0.2, -0.15) is 0 Å². The Morgan fingerprint density at radius 1 is 0.294 bits per heavy atom. The molecule has 0 aliphatic carbocycles. The van der Waals surface area contributed by atoms with Crippen molar-refractivity contribution in [1.82, 2.24) is 0 Å². The molecule has 0 spiro atoms. The Morgan fingerprint density at radius 3 is 0.882 bits per heavy atom. The van der Waals surface area contributed by atoms with Crippen molar-refractivity contribution < 1.29 is 28.6 Å². The predicted octanol–water partition coefficient (Wildman–Crippen LogP) is 19.6. The normalized spacial score (nSPS) is 12.5. The molecule has 0 amide bonds. The molecule has 0 aromatic rings. The van der Waals surface area contributed by atoms with Crippen LogP contribution in [0.4, 0.5) is 0 Å². The Morgan fingerprint density at radius 2 is 0.559 bits per heavy atom. The van der Waals surface area contributed by atoms with Crippen LogP contribution in [0.2, 0.25) is 0 Å². The van der Waals surface area contributed by atoms with Crippen molar-refractivity contribution in [3.8, 4) is 0 Å². The van der Waals surface area contributed by atoms with Gasteiger partial charge in [0.2, 0.25) is 0 Å². The van der Waals surface area contributed by atoms with E-state index in [1.807, 2.05) is 0 Å². The van der Waals surface area contributed by atoms with Crippen LogP contribution in [0.3, 0.4) is 0 Å². The van der Waals surface area contributed by atoms with Crippen LogP contribution >= 0.6 is 0 Å². The van der Waals surface area contributed by atoms with Gasteiger partial charge in [0, 0.05) is 19.3 Å². The SMILES string of the molecule is CCC/C=C\C/C=C\CCCCCCCC(=O)OC(COC(=O)CCCCCCCCCC)COC(=O)CCCCCCCCCCCCCCCC/C=C\C/C=C\C/C=C\CCCCCCC. The van der Waals surface area contributed by atoms with Crippen LogP contribution in [0.1, 0.15) is 297 Å². The molecule has 6 heteroatoms. The highest BCUT2D eigenvalue weighted by Crippen LogP contribution is 2.16. The van der Waals surface area contributed by atoms with Crippen LogP contribution in [0.25, 0.3) is 0 Å². The maximum atomic E-state index is 12.8. The Balaban J connectivity index is 4.09.